The van der Waals surface area contributed by atoms with Crippen molar-refractivity contribution in [2.45, 2.75) is 17.3 Å². The van der Waals surface area contributed by atoms with Crippen molar-refractivity contribution in [3.8, 4) is 5.69 Å². The number of tetrazole rings is 1. The van der Waals surface area contributed by atoms with Crippen LogP contribution in [0.25, 0.3) is 5.69 Å². The number of hydrogen-bond acceptors (Lipinski definition) is 5. The molecule has 6 nitrogen and oxygen atoms in total. The molecular formula is C16H13BrClN5OS. The van der Waals surface area contributed by atoms with Gasteiger partial charge >= 0.3 is 0 Å². The van der Waals surface area contributed by atoms with Crippen molar-refractivity contribution in [3.05, 3.63) is 58.0 Å². The van der Waals surface area contributed by atoms with Crippen molar-refractivity contribution in [3.63, 3.8) is 0 Å². The SMILES string of the molecule is CC(Sc1nnnn1-c1ccc(Cl)cc1)C(=O)Nc1ccc(Br)cc1. The van der Waals surface area contributed by atoms with Crippen molar-refractivity contribution < 1.29 is 4.79 Å². The Morgan fingerprint density at radius 2 is 1.88 bits per heavy atom. The summed E-state index contributed by atoms with van der Waals surface area (Å²) in [6.07, 6.45) is 0. The summed E-state index contributed by atoms with van der Waals surface area (Å²) in [5, 5.41) is 15.3. The minimum absolute atomic E-state index is 0.127. The Bertz CT molecular complexity index is 869. The molecular weight excluding hydrogens is 426 g/mol. The predicted molar refractivity (Wildman–Crippen MR) is 102 cm³/mol. The van der Waals surface area contributed by atoms with Crippen molar-refractivity contribution in [1.29, 1.82) is 0 Å². The third-order valence-electron chi connectivity index (χ3n) is 3.28. The molecule has 1 heterocycles. The third-order valence-corrected chi connectivity index (χ3v) is 5.09. The molecule has 3 aromatic rings. The Labute approximate surface area is 162 Å². The molecule has 9 heteroatoms. The second-order valence-electron chi connectivity index (χ2n) is 5.11. The maximum Gasteiger partial charge on any atom is 0.237 e. The van der Waals surface area contributed by atoms with Crippen LogP contribution in [0.1, 0.15) is 6.92 Å². The van der Waals surface area contributed by atoms with Gasteiger partial charge in [-0.05, 0) is 65.9 Å². The van der Waals surface area contributed by atoms with Crippen molar-refractivity contribution in [2.75, 3.05) is 5.32 Å². The summed E-state index contributed by atoms with van der Waals surface area (Å²) in [5.74, 6) is -0.127. The van der Waals surface area contributed by atoms with E-state index in [1.54, 1.807) is 23.7 Å². The van der Waals surface area contributed by atoms with E-state index in [1.165, 1.54) is 11.8 Å². The molecule has 0 radical (unpaired) electrons. The molecule has 1 atom stereocenters. The zero-order valence-corrected chi connectivity index (χ0v) is 16.2. The number of aromatic nitrogens is 4. The van der Waals surface area contributed by atoms with Crippen molar-refractivity contribution >= 4 is 50.9 Å². The summed E-state index contributed by atoms with van der Waals surface area (Å²) >= 11 is 10.5. The van der Waals surface area contributed by atoms with Gasteiger partial charge in [0, 0.05) is 15.2 Å². The highest BCUT2D eigenvalue weighted by atomic mass is 79.9. The number of nitrogens with zero attached hydrogens (tertiary/aromatic N) is 4. The first-order valence-corrected chi connectivity index (χ1v) is 9.35. The molecule has 1 unspecified atom stereocenters. The lowest BCUT2D eigenvalue weighted by molar-refractivity contribution is -0.115. The van der Waals surface area contributed by atoms with Crippen LogP contribution in [0.15, 0.2) is 58.2 Å². The smallest absolute Gasteiger partial charge is 0.237 e. The molecule has 2 aromatic carbocycles. The van der Waals surface area contributed by atoms with Gasteiger partial charge in [-0.25, -0.2) is 0 Å². The summed E-state index contributed by atoms with van der Waals surface area (Å²) in [7, 11) is 0. The van der Waals surface area contributed by atoms with E-state index in [4.69, 9.17) is 11.6 Å². The summed E-state index contributed by atoms with van der Waals surface area (Å²) in [6, 6.07) is 14.6. The number of nitrogens with one attached hydrogen (secondary N) is 1. The predicted octanol–water partition coefficient (Wildman–Crippen LogP) is 4.20. The average molecular weight is 439 g/mol. The van der Waals surface area contributed by atoms with Crippen LogP contribution in [0.2, 0.25) is 5.02 Å². The van der Waals surface area contributed by atoms with E-state index in [0.29, 0.717) is 10.2 Å². The Kier molecular flexibility index (Phi) is 5.72. The zero-order chi connectivity index (χ0) is 17.8. The van der Waals surface area contributed by atoms with E-state index in [9.17, 15) is 4.79 Å². The van der Waals surface area contributed by atoms with Crippen LogP contribution < -0.4 is 5.32 Å². The number of amides is 1. The highest BCUT2D eigenvalue weighted by Crippen LogP contribution is 2.24. The standard InChI is InChI=1S/C16H13BrClN5OS/c1-10(15(24)19-13-6-2-11(17)3-7-13)25-16-20-21-22-23(16)14-8-4-12(18)5-9-14/h2-10H,1H3,(H,19,24). The molecule has 0 fully saturated rings. The maximum atomic E-state index is 12.4. The lowest BCUT2D eigenvalue weighted by atomic mass is 10.3. The molecule has 128 valence electrons. The van der Waals surface area contributed by atoms with Crippen LogP contribution in [0.3, 0.4) is 0 Å². The fourth-order valence-corrected chi connectivity index (χ4v) is 3.18. The Morgan fingerprint density at radius 3 is 2.56 bits per heavy atom. The average Bonchev–Trinajstić information content (AvgIpc) is 3.05. The van der Waals surface area contributed by atoms with Gasteiger partial charge in [-0.3, -0.25) is 4.79 Å². The van der Waals surface area contributed by atoms with Crippen molar-refractivity contribution in [1.82, 2.24) is 20.2 Å². The third kappa shape index (κ3) is 4.59. The fourth-order valence-electron chi connectivity index (χ4n) is 1.99. The van der Waals surface area contributed by atoms with Crippen molar-refractivity contribution in [2.24, 2.45) is 0 Å². The van der Waals surface area contributed by atoms with Crippen LogP contribution in [0.5, 0.6) is 0 Å². The molecule has 1 amide bonds. The summed E-state index contributed by atoms with van der Waals surface area (Å²) < 4.78 is 2.53. The number of carbonyl (C=O) groups excluding carboxylic acids is 1. The lowest BCUT2D eigenvalue weighted by Gasteiger charge is -2.12. The molecule has 0 aliphatic heterocycles. The Morgan fingerprint density at radius 1 is 1.20 bits per heavy atom. The zero-order valence-electron chi connectivity index (χ0n) is 13.1. The van der Waals surface area contributed by atoms with Gasteiger partial charge in [-0.1, -0.05) is 39.3 Å². The van der Waals surface area contributed by atoms with E-state index >= 15 is 0 Å². The molecule has 0 aliphatic carbocycles. The number of benzene rings is 2. The molecule has 0 aliphatic rings. The monoisotopic (exact) mass is 437 g/mol. The second kappa shape index (κ2) is 7.99. The van der Waals surface area contributed by atoms with E-state index in [1.807, 2.05) is 36.4 Å². The molecule has 3 rings (SSSR count). The number of carbonyl (C=O) groups is 1. The first-order chi connectivity index (χ1) is 12.0. The van der Waals surface area contributed by atoms with Gasteiger partial charge in [0.1, 0.15) is 0 Å². The lowest BCUT2D eigenvalue weighted by Crippen LogP contribution is -2.22. The normalized spacial score (nSPS) is 12.0. The molecule has 0 spiro atoms. The number of halogens is 2. The molecule has 0 bridgehead atoms. The summed E-state index contributed by atoms with van der Waals surface area (Å²) in [5.41, 5.74) is 1.51. The summed E-state index contributed by atoms with van der Waals surface area (Å²) in [6.45, 7) is 1.81. The van der Waals surface area contributed by atoms with Gasteiger partial charge in [-0.2, -0.15) is 4.68 Å². The molecule has 0 saturated carbocycles. The maximum absolute atomic E-state index is 12.4. The topological polar surface area (TPSA) is 72.7 Å². The highest BCUT2D eigenvalue weighted by molar-refractivity contribution is 9.10. The molecule has 0 saturated heterocycles. The van der Waals surface area contributed by atoms with Crippen LogP contribution in [0, 0.1) is 0 Å². The number of thioether (sulfide) groups is 1. The minimum Gasteiger partial charge on any atom is -0.325 e. The van der Waals surface area contributed by atoms with E-state index in [-0.39, 0.29) is 11.2 Å². The van der Waals surface area contributed by atoms with Gasteiger partial charge in [0.25, 0.3) is 0 Å². The number of rotatable bonds is 5. The molecule has 1 aromatic heterocycles. The van der Waals surface area contributed by atoms with Gasteiger partial charge < -0.3 is 5.32 Å². The van der Waals surface area contributed by atoms with E-state index in [2.05, 4.69) is 36.8 Å². The molecule has 1 N–H and O–H groups in total. The quantitative estimate of drug-likeness (QED) is 0.605. The largest absolute Gasteiger partial charge is 0.325 e. The Hall–Kier alpha value is -1.90. The van der Waals surface area contributed by atoms with Crippen LogP contribution in [0.4, 0.5) is 5.69 Å². The number of anilines is 1. The number of hydrogen-bond donors (Lipinski definition) is 1. The first-order valence-electron chi connectivity index (χ1n) is 7.30. The second-order valence-corrected chi connectivity index (χ2v) is 7.77. The van der Waals surface area contributed by atoms with Crippen LogP contribution >= 0.6 is 39.3 Å². The van der Waals surface area contributed by atoms with E-state index in [0.717, 1.165) is 15.8 Å². The van der Waals surface area contributed by atoms with E-state index < -0.39 is 0 Å². The first kappa shape index (κ1) is 17.9. The fraction of sp³-hybridized carbons (Fsp3) is 0.125. The summed E-state index contributed by atoms with van der Waals surface area (Å²) in [4.78, 5) is 12.4. The van der Waals surface area contributed by atoms with Gasteiger partial charge in [0.05, 0.1) is 10.9 Å². The van der Waals surface area contributed by atoms with Crippen LogP contribution in [-0.2, 0) is 4.79 Å². The van der Waals surface area contributed by atoms with Gasteiger partial charge in [0.2, 0.25) is 11.1 Å². The molecule has 25 heavy (non-hydrogen) atoms. The van der Waals surface area contributed by atoms with Crippen LogP contribution in [-0.4, -0.2) is 31.4 Å². The Balaban J connectivity index is 1.70. The van der Waals surface area contributed by atoms with Gasteiger partial charge in [0.15, 0.2) is 0 Å². The highest BCUT2D eigenvalue weighted by Gasteiger charge is 2.19. The van der Waals surface area contributed by atoms with Gasteiger partial charge in [-0.15, -0.1) is 5.10 Å². The minimum atomic E-state index is -0.374.